The molecule has 0 aromatic carbocycles. The van der Waals surface area contributed by atoms with Gasteiger partial charge in [-0.1, -0.05) is 0 Å². The second-order valence-electron chi connectivity index (χ2n) is 3.05. The van der Waals surface area contributed by atoms with Crippen LogP contribution in [0.25, 0.3) is 0 Å². The van der Waals surface area contributed by atoms with E-state index in [-0.39, 0.29) is 0 Å². The van der Waals surface area contributed by atoms with Gasteiger partial charge in [0.1, 0.15) is 6.20 Å². The van der Waals surface area contributed by atoms with Crippen molar-refractivity contribution in [3.8, 4) is 5.88 Å². The predicted molar refractivity (Wildman–Crippen MR) is 46.0 cm³/mol. The Kier molecular flexibility index (Phi) is 3.06. The number of halogens is 3. The summed E-state index contributed by atoms with van der Waals surface area (Å²) in [5.74, 6) is -0.641. The van der Waals surface area contributed by atoms with Crippen molar-refractivity contribution in [2.45, 2.75) is 19.2 Å². The van der Waals surface area contributed by atoms with Crippen molar-refractivity contribution in [1.82, 2.24) is 9.78 Å². The third-order valence-corrected chi connectivity index (χ3v) is 1.72. The highest BCUT2D eigenvalue weighted by Crippen LogP contribution is 2.29. The molecule has 0 aliphatic carbocycles. The number of ether oxygens (including phenoxy) is 1. The average Bonchev–Trinajstić information content (AvgIpc) is 2.45. The fourth-order valence-electron chi connectivity index (χ4n) is 0.899. The van der Waals surface area contributed by atoms with Crippen LogP contribution in [0, 0.1) is 10.1 Å². The van der Waals surface area contributed by atoms with E-state index in [4.69, 9.17) is 0 Å². The van der Waals surface area contributed by atoms with Crippen LogP contribution >= 0.6 is 0 Å². The number of aromatic nitrogens is 2. The predicted octanol–water partition coefficient (Wildman–Crippen LogP) is 1.66. The summed E-state index contributed by atoms with van der Waals surface area (Å²) in [6.45, 7) is 0.748. The zero-order valence-corrected chi connectivity index (χ0v) is 8.35. The summed E-state index contributed by atoms with van der Waals surface area (Å²) in [7, 11) is 1.35. The highest BCUT2D eigenvalue weighted by molar-refractivity contribution is 5.38. The van der Waals surface area contributed by atoms with Gasteiger partial charge >= 0.3 is 17.7 Å². The monoisotopic (exact) mass is 239 g/mol. The van der Waals surface area contributed by atoms with Crippen molar-refractivity contribution in [3.63, 3.8) is 0 Å². The standard InChI is InChI=1S/C7H8F3N3O3/c1-4(7(8,9)10)16-6-5(13(14)15)3-12(2)11-6/h3-4H,1-2H3/t4-/m1/s1. The molecule has 0 aliphatic rings. The highest BCUT2D eigenvalue weighted by Gasteiger charge is 2.40. The molecular formula is C7H8F3N3O3. The molecule has 0 unspecified atom stereocenters. The molecule has 1 aromatic rings. The van der Waals surface area contributed by atoms with Crippen LogP contribution in [0.1, 0.15) is 6.92 Å². The first-order chi connectivity index (χ1) is 7.21. The molecule has 0 radical (unpaired) electrons. The van der Waals surface area contributed by atoms with E-state index in [0.717, 1.165) is 17.8 Å². The molecule has 0 aliphatic heterocycles. The Labute approximate surface area is 87.8 Å². The second kappa shape index (κ2) is 3.99. The lowest BCUT2D eigenvalue weighted by Crippen LogP contribution is -2.31. The lowest BCUT2D eigenvalue weighted by molar-refractivity contribution is -0.386. The van der Waals surface area contributed by atoms with E-state index in [0.29, 0.717) is 0 Å². The molecule has 0 fully saturated rings. The van der Waals surface area contributed by atoms with Crippen molar-refractivity contribution < 1.29 is 22.8 Å². The Morgan fingerprint density at radius 1 is 1.62 bits per heavy atom. The third-order valence-electron chi connectivity index (χ3n) is 1.72. The average molecular weight is 239 g/mol. The lowest BCUT2D eigenvalue weighted by atomic mass is 10.4. The highest BCUT2D eigenvalue weighted by atomic mass is 19.4. The quantitative estimate of drug-likeness (QED) is 0.594. The van der Waals surface area contributed by atoms with Crippen molar-refractivity contribution >= 4 is 5.69 Å². The molecular weight excluding hydrogens is 231 g/mol. The summed E-state index contributed by atoms with van der Waals surface area (Å²) in [4.78, 5) is 9.60. The van der Waals surface area contributed by atoms with Crippen molar-refractivity contribution in [1.29, 1.82) is 0 Å². The molecule has 6 nitrogen and oxygen atoms in total. The van der Waals surface area contributed by atoms with Crippen LogP contribution < -0.4 is 4.74 Å². The molecule has 1 atom stereocenters. The summed E-state index contributed by atoms with van der Waals surface area (Å²) < 4.78 is 41.8. The van der Waals surface area contributed by atoms with Crippen molar-refractivity contribution in [3.05, 3.63) is 16.3 Å². The van der Waals surface area contributed by atoms with E-state index in [1.807, 2.05) is 0 Å². The first-order valence-electron chi connectivity index (χ1n) is 4.13. The Morgan fingerprint density at radius 3 is 2.62 bits per heavy atom. The number of nitrogens with zero attached hydrogens (tertiary/aromatic N) is 3. The molecule has 9 heteroatoms. The van der Waals surface area contributed by atoms with E-state index in [1.54, 1.807) is 0 Å². The molecule has 90 valence electrons. The largest absolute Gasteiger partial charge is 0.459 e. The van der Waals surface area contributed by atoms with Crippen LogP contribution in [0.2, 0.25) is 0 Å². The molecule has 0 N–H and O–H groups in total. The van der Waals surface area contributed by atoms with Gasteiger partial charge in [-0.15, -0.1) is 5.10 Å². The van der Waals surface area contributed by atoms with E-state index in [1.165, 1.54) is 7.05 Å². The van der Waals surface area contributed by atoms with Gasteiger partial charge in [0.2, 0.25) is 0 Å². The van der Waals surface area contributed by atoms with Crippen LogP contribution in [-0.4, -0.2) is 27.0 Å². The third kappa shape index (κ3) is 2.61. The minimum atomic E-state index is -4.59. The summed E-state index contributed by atoms with van der Waals surface area (Å²) >= 11 is 0. The van der Waals surface area contributed by atoms with E-state index < -0.39 is 28.8 Å². The number of hydrogen-bond donors (Lipinski definition) is 0. The van der Waals surface area contributed by atoms with Gasteiger partial charge in [-0.2, -0.15) is 13.2 Å². The lowest BCUT2D eigenvalue weighted by Gasteiger charge is -2.15. The summed E-state index contributed by atoms with van der Waals surface area (Å²) in [5.41, 5.74) is -0.599. The smallest absolute Gasteiger partial charge is 0.425 e. The van der Waals surface area contributed by atoms with Crippen molar-refractivity contribution in [2.24, 2.45) is 7.05 Å². The zero-order valence-electron chi connectivity index (χ0n) is 8.35. The first kappa shape index (κ1) is 12.3. The maximum Gasteiger partial charge on any atom is 0.425 e. The molecule has 0 saturated heterocycles. The normalized spacial score (nSPS) is 13.6. The van der Waals surface area contributed by atoms with Crippen LogP contribution in [-0.2, 0) is 7.05 Å². The first-order valence-corrected chi connectivity index (χ1v) is 4.13. The number of rotatable bonds is 3. The summed E-state index contributed by atoms with van der Waals surface area (Å²) in [6, 6.07) is 0. The molecule has 0 bridgehead atoms. The van der Waals surface area contributed by atoms with Crippen LogP contribution in [0.4, 0.5) is 18.9 Å². The summed E-state index contributed by atoms with van der Waals surface area (Å²) in [5, 5.41) is 13.9. The Hall–Kier alpha value is -1.80. The molecule has 0 amide bonds. The second-order valence-corrected chi connectivity index (χ2v) is 3.05. The van der Waals surface area contributed by atoms with Gasteiger partial charge < -0.3 is 4.74 Å². The van der Waals surface area contributed by atoms with Gasteiger partial charge in [-0.05, 0) is 6.92 Å². The van der Waals surface area contributed by atoms with Crippen LogP contribution in [0.5, 0.6) is 5.88 Å². The van der Waals surface area contributed by atoms with Gasteiger partial charge in [-0.25, -0.2) is 0 Å². The fraction of sp³-hybridized carbons (Fsp3) is 0.571. The summed E-state index contributed by atoms with van der Waals surface area (Å²) in [6.07, 6.45) is -5.77. The topological polar surface area (TPSA) is 70.2 Å². The Morgan fingerprint density at radius 2 is 2.19 bits per heavy atom. The van der Waals surface area contributed by atoms with Crippen molar-refractivity contribution in [2.75, 3.05) is 0 Å². The number of alkyl halides is 3. The van der Waals surface area contributed by atoms with Gasteiger partial charge in [0.15, 0.2) is 6.10 Å². The van der Waals surface area contributed by atoms with Gasteiger partial charge in [0, 0.05) is 7.05 Å². The number of aryl methyl sites for hydroxylation is 1. The Bertz CT molecular complexity index is 401. The maximum atomic E-state index is 12.1. The zero-order chi connectivity index (χ0) is 12.5. The molecule has 1 aromatic heterocycles. The van der Waals surface area contributed by atoms with Gasteiger partial charge in [0.25, 0.3) is 0 Å². The number of hydrogen-bond acceptors (Lipinski definition) is 4. The van der Waals surface area contributed by atoms with E-state index >= 15 is 0 Å². The minimum Gasteiger partial charge on any atom is -0.459 e. The van der Waals surface area contributed by atoms with Gasteiger partial charge in [-0.3, -0.25) is 14.8 Å². The van der Waals surface area contributed by atoms with E-state index in [2.05, 4.69) is 9.84 Å². The molecule has 0 saturated carbocycles. The Balaban J connectivity index is 2.93. The molecule has 16 heavy (non-hydrogen) atoms. The van der Waals surface area contributed by atoms with Crippen LogP contribution in [0.3, 0.4) is 0 Å². The molecule has 1 heterocycles. The fourth-order valence-corrected chi connectivity index (χ4v) is 0.899. The number of nitro groups is 1. The minimum absolute atomic E-state index is 0.599. The SMILES string of the molecule is C[C@@H](Oc1nn(C)cc1[N+](=O)[O-])C(F)(F)F. The molecule has 0 spiro atoms. The van der Waals surface area contributed by atoms with E-state index in [9.17, 15) is 23.3 Å². The van der Waals surface area contributed by atoms with Gasteiger partial charge in [0.05, 0.1) is 4.92 Å². The maximum absolute atomic E-state index is 12.1. The van der Waals surface area contributed by atoms with Crippen LogP contribution in [0.15, 0.2) is 6.20 Å². The molecule has 1 rings (SSSR count).